The molecule has 2 aromatic rings. The quantitative estimate of drug-likeness (QED) is 0.658. The van der Waals surface area contributed by atoms with Gasteiger partial charge in [0, 0.05) is 24.2 Å². The van der Waals surface area contributed by atoms with Crippen molar-refractivity contribution in [1.29, 1.82) is 0 Å². The van der Waals surface area contributed by atoms with Gasteiger partial charge in [-0.1, -0.05) is 12.1 Å². The van der Waals surface area contributed by atoms with Crippen molar-refractivity contribution < 1.29 is 22.7 Å². The Morgan fingerprint density at radius 1 is 1.03 bits per heavy atom. The number of hydrogen-bond acceptors (Lipinski definition) is 5. The molecule has 1 aliphatic rings. The molecule has 8 heteroatoms. The summed E-state index contributed by atoms with van der Waals surface area (Å²) in [6.07, 6.45) is 2.78. The number of benzene rings is 2. The van der Waals surface area contributed by atoms with Crippen molar-refractivity contribution in [2.45, 2.75) is 50.5 Å². The van der Waals surface area contributed by atoms with Crippen LogP contribution >= 0.6 is 0 Å². The van der Waals surface area contributed by atoms with E-state index in [4.69, 9.17) is 9.47 Å². The zero-order chi connectivity index (χ0) is 24.2. The predicted molar refractivity (Wildman–Crippen MR) is 128 cm³/mol. The number of methoxy groups -OCH3 is 2. The van der Waals surface area contributed by atoms with E-state index in [9.17, 15) is 13.2 Å². The second-order valence-corrected chi connectivity index (χ2v) is 11.2. The molecule has 1 heterocycles. The molecule has 0 spiro atoms. The van der Waals surface area contributed by atoms with Crippen LogP contribution in [0.15, 0.2) is 47.4 Å². The fourth-order valence-electron chi connectivity index (χ4n) is 4.10. The molecule has 1 amide bonds. The standard InChI is InChI=1S/C25H34N2O5S/c1-25(2,3)26-33(29,30)23-17-20(8-11-22(23)32-5)24(28)27-14-12-19(13-15-27)16-18-6-9-21(31-4)10-7-18/h6-11,17,19,26H,12-16H2,1-5H3. The Morgan fingerprint density at radius 2 is 1.67 bits per heavy atom. The Morgan fingerprint density at radius 3 is 2.21 bits per heavy atom. The highest BCUT2D eigenvalue weighted by atomic mass is 32.2. The van der Waals surface area contributed by atoms with Crippen molar-refractivity contribution in [3.8, 4) is 11.5 Å². The van der Waals surface area contributed by atoms with Crippen molar-refractivity contribution in [2.24, 2.45) is 5.92 Å². The summed E-state index contributed by atoms with van der Waals surface area (Å²) in [5.74, 6) is 1.40. The number of rotatable bonds is 7. The number of ether oxygens (including phenoxy) is 2. The maximum atomic E-state index is 13.2. The number of carbonyl (C=O) groups is 1. The zero-order valence-electron chi connectivity index (χ0n) is 20.1. The monoisotopic (exact) mass is 474 g/mol. The average molecular weight is 475 g/mol. The fourth-order valence-corrected chi connectivity index (χ4v) is 5.71. The highest BCUT2D eigenvalue weighted by molar-refractivity contribution is 7.89. The normalized spacial score (nSPS) is 15.4. The van der Waals surface area contributed by atoms with Crippen LogP contribution in [0, 0.1) is 5.92 Å². The van der Waals surface area contributed by atoms with Gasteiger partial charge in [0.2, 0.25) is 10.0 Å². The lowest BCUT2D eigenvalue weighted by molar-refractivity contribution is 0.0690. The molecule has 0 aromatic heterocycles. The lowest BCUT2D eigenvalue weighted by Crippen LogP contribution is -2.41. The van der Waals surface area contributed by atoms with Gasteiger partial charge in [-0.2, -0.15) is 0 Å². The molecule has 3 rings (SSSR count). The van der Waals surface area contributed by atoms with Gasteiger partial charge in [0.15, 0.2) is 0 Å². The molecule has 1 N–H and O–H groups in total. The molecule has 1 saturated heterocycles. The highest BCUT2D eigenvalue weighted by Crippen LogP contribution is 2.28. The third-order valence-corrected chi connectivity index (χ3v) is 7.50. The first-order valence-corrected chi connectivity index (χ1v) is 12.6. The smallest absolute Gasteiger partial charge is 0.253 e. The minimum Gasteiger partial charge on any atom is -0.497 e. The molecule has 0 radical (unpaired) electrons. The van der Waals surface area contributed by atoms with Crippen molar-refractivity contribution >= 4 is 15.9 Å². The molecular weight excluding hydrogens is 440 g/mol. The average Bonchev–Trinajstić information content (AvgIpc) is 2.77. The minimum absolute atomic E-state index is 0.0276. The second-order valence-electron chi connectivity index (χ2n) is 9.51. The maximum absolute atomic E-state index is 13.2. The van der Waals surface area contributed by atoms with Crippen LogP contribution in [-0.4, -0.2) is 52.1 Å². The Hall–Kier alpha value is -2.58. The molecule has 1 fully saturated rings. The number of carbonyl (C=O) groups excluding carboxylic acids is 1. The summed E-state index contributed by atoms with van der Waals surface area (Å²) in [6, 6.07) is 12.7. The molecular formula is C25H34N2O5S. The van der Waals surface area contributed by atoms with E-state index < -0.39 is 15.6 Å². The maximum Gasteiger partial charge on any atom is 0.253 e. The van der Waals surface area contributed by atoms with Crippen LogP contribution in [0.3, 0.4) is 0 Å². The summed E-state index contributed by atoms with van der Waals surface area (Å²) in [6.45, 7) is 6.59. The first kappa shape index (κ1) is 25.1. The summed E-state index contributed by atoms with van der Waals surface area (Å²) in [7, 11) is -0.777. The number of piperidine rings is 1. The van der Waals surface area contributed by atoms with E-state index in [0.29, 0.717) is 24.6 Å². The van der Waals surface area contributed by atoms with Gasteiger partial charge in [0.25, 0.3) is 5.91 Å². The first-order chi connectivity index (χ1) is 15.5. The molecule has 0 atom stereocenters. The Bertz CT molecular complexity index is 1070. The molecule has 7 nitrogen and oxygen atoms in total. The van der Waals surface area contributed by atoms with Gasteiger partial charge >= 0.3 is 0 Å². The van der Waals surface area contributed by atoms with Crippen LogP contribution in [0.5, 0.6) is 11.5 Å². The van der Waals surface area contributed by atoms with Crippen molar-refractivity contribution in [3.63, 3.8) is 0 Å². The minimum atomic E-state index is -3.85. The first-order valence-electron chi connectivity index (χ1n) is 11.2. The van der Waals surface area contributed by atoms with E-state index in [1.54, 1.807) is 44.9 Å². The molecule has 0 bridgehead atoms. The van der Waals surface area contributed by atoms with E-state index in [-0.39, 0.29) is 16.6 Å². The van der Waals surface area contributed by atoms with Gasteiger partial charge in [-0.25, -0.2) is 13.1 Å². The van der Waals surface area contributed by atoms with E-state index in [2.05, 4.69) is 16.9 Å². The molecule has 1 aliphatic heterocycles. The molecule has 2 aromatic carbocycles. The van der Waals surface area contributed by atoms with Gasteiger partial charge < -0.3 is 14.4 Å². The number of likely N-dealkylation sites (tertiary alicyclic amines) is 1. The largest absolute Gasteiger partial charge is 0.497 e. The summed E-state index contributed by atoms with van der Waals surface area (Å²) in [5.41, 5.74) is 0.950. The van der Waals surface area contributed by atoms with Crippen LogP contribution in [0.4, 0.5) is 0 Å². The Balaban J connectivity index is 1.69. The summed E-state index contributed by atoms with van der Waals surface area (Å²) in [5, 5.41) is 0. The van der Waals surface area contributed by atoms with Crippen molar-refractivity contribution in [2.75, 3.05) is 27.3 Å². The zero-order valence-corrected chi connectivity index (χ0v) is 20.9. The lowest BCUT2D eigenvalue weighted by atomic mass is 9.90. The highest BCUT2D eigenvalue weighted by Gasteiger charge is 2.28. The number of hydrogen-bond donors (Lipinski definition) is 1. The number of nitrogens with one attached hydrogen (secondary N) is 1. The molecule has 0 unspecified atom stereocenters. The SMILES string of the molecule is COc1ccc(CC2CCN(C(=O)c3ccc(OC)c(S(=O)(=O)NC(C)(C)C)c3)CC2)cc1. The van der Waals surface area contributed by atoms with Gasteiger partial charge in [-0.15, -0.1) is 0 Å². The number of amides is 1. The van der Waals surface area contributed by atoms with Crippen molar-refractivity contribution in [1.82, 2.24) is 9.62 Å². The summed E-state index contributed by atoms with van der Waals surface area (Å²) >= 11 is 0. The van der Waals surface area contributed by atoms with Gasteiger partial charge in [-0.3, -0.25) is 4.79 Å². The van der Waals surface area contributed by atoms with E-state index >= 15 is 0 Å². The molecule has 0 aliphatic carbocycles. The van der Waals surface area contributed by atoms with Crippen LogP contribution in [0.2, 0.25) is 0 Å². The third-order valence-electron chi connectivity index (χ3n) is 5.73. The third kappa shape index (κ3) is 6.48. The molecule has 33 heavy (non-hydrogen) atoms. The molecule has 0 saturated carbocycles. The predicted octanol–water partition coefficient (Wildman–Crippen LogP) is 3.88. The lowest BCUT2D eigenvalue weighted by Gasteiger charge is -2.32. The summed E-state index contributed by atoms with van der Waals surface area (Å²) < 4.78 is 38.9. The number of nitrogens with zero attached hydrogens (tertiary/aromatic N) is 1. The van der Waals surface area contributed by atoms with E-state index in [1.165, 1.54) is 18.7 Å². The topological polar surface area (TPSA) is 84.9 Å². The van der Waals surface area contributed by atoms with Crippen LogP contribution < -0.4 is 14.2 Å². The van der Waals surface area contributed by atoms with Gasteiger partial charge in [0.1, 0.15) is 16.4 Å². The van der Waals surface area contributed by atoms with Gasteiger partial charge in [-0.05, 0) is 81.8 Å². The van der Waals surface area contributed by atoms with Crippen molar-refractivity contribution in [3.05, 3.63) is 53.6 Å². The Labute approximate surface area is 197 Å². The summed E-state index contributed by atoms with van der Waals surface area (Å²) in [4.78, 5) is 14.9. The second kappa shape index (κ2) is 10.1. The van der Waals surface area contributed by atoms with E-state index in [1.807, 2.05) is 12.1 Å². The van der Waals surface area contributed by atoms with Crippen LogP contribution in [0.1, 0.15) is 49.5 Å². The van der Waals surface area contributed by atoms with Gasteiger partial charge in [0.05, 0.1) is 14.2 Å². The van der Waals surface area contributed by atoms with Crippen LogP contribution in [-0.2, 0) is 16.4 Å². The molecule has 180 valence electrons. The fraction of sp³-hybridized carbons (Fsp3) is 0.480. The number of sulfonamides is 1. The van der Waals surface area contributed by atoms with E-state index in [0.717, 1.165) is 25.0 Å². The van der Waals surface area contributed by atoms with Crippen LogP contribution in [0.25, 0.3) is 0 Å². The Kier molecular flexibility index (Phi) is 7.69.